The fourth-order valence-electron chi connectivity index (χ4n) is 1.09. The summed E-state index contributed by atoms with van der Waals surface area (Å²) in [5.74, 6) is 0.405. The van der Waals surface area contributed by atoms with Crippen molar-refractivity contribution in [3.63, 3.8) is 0 Å². The summed E-state index contributed by atoms with van der Waals surface area (Å²) in [6.45, 7) is 0.266. The fourth-order valence-corrected chi connectivity index (χ4v) is 1.09. The maximum absolute atomic E-state index is 8.59. The van der Waals surface area contributed by atoms with Gasteiger partial charge in [-0.05, 0) is 25.2 Å². The topological polar surface area (TPSA) is 44.1 Å². The first-order valence-electron chi connectivity index (χ1n) is 3.00. The zero-order chi connectivity index (χ0) is 5.98. The second-order valence-corrected chi connectivity index (χ2v) is 2.39. The molecule has 1 atom stereocenters. The Bertz CT molecular complexity index is 101. The van der Waals surface area contributed by atoms with Gasteiger partial charge in [-0.1, -0.05) is 0 Å². The molecular weight excluding hydrogens is 102 g/mol. The number of rotatable bonds is 1. The van der Waals surface area contributed by atoms with E-state index in [1.54, 1.807) is 0 Å². The first kappa shape index (κ1) is 5.76. The maximum atomic E-state index is 8.59. The molecule has 0 aromatic rings. The summed E-state index contributed by atoms with van der Waals surface area (Å²) in [7, 11) is 0. The number of hydrogen-bond acceptors (Lipinski definition) is 2. The lowest BCUT2D eigenvalue weighted by molar-refractivity contribution is 0.232. The van der Waals surface area contributed by atoms with Crippen LogP contribution >= 0.6 is 0 Å². The van der Waals surface area contributed by atoms with Crippen molar-refractivity contribution in [3.8, 4) is 0 Å². The lowest BCUT2D eigenvalue weighted by atomic mass is 10.1. The van der Waals surface area contributed by atoms with Crippen LogP contribution in [0.4, 0.5) is 0 Å². The molecule has 1 aliphatic rings. The van der Waals surface area contributed by atoms with Crippen LogP contribution in [-0.4, -0.2) is 17.4 Å². The average molecular weight is 113 g/mol. The summed E-state index contributed by atoms with van der Waals surface area (Å²) in [5, 5.41) is 15.8. The first-order chi connectivity index (χ1) is 3.83. The fraction of sp³-hybridized carbons (Fsp3) is 0.833. The van der Waals surface area contributed by atoms with Crippen LogP contribution in [0.25, 0.3) is 0 Å². The van der Waals surface area contributed by atoms with Gasteiger partial charge in [0.05, 0.1) is 0 Å². The van der Waals surface area contributed by atoms with Crippen molar-refractivity contribution < 1.29 is 5.11 Å². The van der Waals surface area contributed by atoms with E-state index < -0.39 is 0 Å². The molecule has 0 amide bonds. The van der Waals surface area contributed by atoms with Crippen LogP contribution in [0.2, 0.25) is 0 Å². The SMILES string of the molecule is N=C1CCC(CO)C1. The second kappa shape index (κ2) is 2.27. The predicted molar refractivity (Wildman–Crippen MR) is 32.2 cm³/mol. The average Bonchev–Trinajstić information content (AvgIpc) is 2.14. The van der Waals surface area contributed by atoms with Crippen LogP contribution in [0.1, 0.15) is 19.3 Å². The van der Waals surface area contributed by atoms with Crippen LogP contribution in [0.5, 0.6) is 0 Å². The largest absolute Gasteiger partial charge is 0.396 e. The van der Waals surface area contributed by atoms with Gasteiger partial charge in [0.15, 0.2) is 0 Å². The van der Waals surface area contributed by atoms with E-state index in [9.17, 15) is 0 Å². The van der Waals surface area contributed by atoms with E-state index in [1.165, 1.54) is 0 Å². The van der Waals surface area contributed by atoms with Crippen LogP contribution in [0, 0.1) is 11.3 Å². The second-order valence-electron chi connectivity index (χ2n) is 2.39. The molecule has 8 heavy (non-hydrogen) atoms. The van der Waals surface area contributed by atoms with E-state index >= 15 is 0 Å². The van der Waals surface area contributed by atoms with Gasteiger partial charge in [0, 0.05) is 12.3 Å². The Morgan fingerprint density at radius 1 is 1.75 bits per heavy atom. The predicted octanol–water partition coefficient (Wildman–Crippen LogP) is 0.799. The highest BCUT2D eigenvalue weighted by atomic mass is 16.3. The van der Waals surface area contributed by atoms with Crippen LogP contribution in [0.15, 0.2) is 0 Å². The van der Waals surface area contributed by atoms with Gasteiger partial charge in [0.25, 0.3) is 0 Å². The summed E-state index contributed by atoms with van der Waals surface area (Å²) < 4.78 is 0. The van der Waals surface area contributed by atoms with Gasteiger partial charge in [-0.2, -0.15) is 0 Å². The van der Waals surface area contributed by atoms with E-state index in [0.717, 1.165) is 25.0 Å². The number of nitrogens with one attached hydrogen (secondary N) is 1. The molecule has 2 heteroatoms. The van der Waals surface area contributed by atoms with E-state index in [4.69, 9.17) is 10.5 Å². The van der Waals surface area contributed by atoms with Crippen LogP contribution in [-0.2, 0) is 0 Å². The lowest BCUT2D eigenvalue weighted by Crippen LogP contribution is -1.99. The van der Waals surface area contributed by atoms with Crippen molar-refractivity contribution in [3.05, 3.63) is 0 Å². The molecule has 1 unspecified atom stereocenters. The lowest BCUT2D eigenvalue weighted by Gasteiger charge is -1.98. The summed E-state index contributed by atoms with van der Waals surface area (Å²) in [5.41, 5.74) is 0.809. The van der Waals surface area contributed by atoms with Crippen molar-refractivity contribution in [2.75, 3.05) is 6.61 Å². The van der Waals surface area contributed by atoms with Gasteiger partial charge in [-0.15, -0.1) is 0 Å². The third kappa shape index (κ3) is 1.07. The molecule has 1 aliphatic carbocycles. The molecule has 0 aromatic heterocycles. The molecule has 1 saturated carbocycles. The minimum Gasteiger partial charge on any atom is -0.396 e. The summed E-state index contributed by atoms with van der Waals surface area (Å²) in [4.78, 5) is 0. The zero-order valence-electron chi connectivity index (χ0n) is 4.85. The zero-order valence-corrected chi connectivity index (χ0v) is 4.85. The molecule has 0 saturated heterocycles. The van der Waals surface area contributed by atoms with Crippen molar-refractivity contribution in [2.24, 2.45) is 5.92 Å². The van der Waals surface area contributed by atoms with E-state index in [1.807, 2.05) is 0 Å². The number of aliphatic hydroxyl groups excluding tert-OH is 1. The monoisotopic (exact) mass is 113 g/mol. The Balaban J connectivity index is 2.32. The Labute approximate surface area is 49.0 Å². The molecule has 0 spiro atoms. The van der Waals surface area contributed by atoms with Crippen molar-refractivity contribution >= 4 is 5.71 Å². The van der Waals surface area contributed by atoms with E-state index in [0.29, 0.717) is 5.92 Å². The normalized spacial score (nSPS) is 29.1. The molecule has 2 nitrogen and oxygen atoms in total. The highest BCUT2D eigenvalue weighted by molar-refractivity contribution is 5.83. The number of aliphatic hydroxyl groups is 1. The molecule has 1 rings (SSSR count). The first-order valence-corrected chi connectivity index (χ1v) is 3.00. The third-order valence-corrected chi connectivity index (χ3v) is 1.65. The molecule has 46 valence electrons. The molecular formula is C6H11NO. The molecule has 0 heterocycles. The third-order valence-electron chi connectivity index (χ3n) is 1.65. The Morgan fingerprint density at radius 2 is 2.50 bits per heavy atom. The van der Waals surface area contributed by atoms with Gasteiger partial charge >= 0.3 is 0 Å². The van der Waals surface area contributed by atoms with Gasteiger partial charge in [0.2, 0.25) is 0 Å². The van der Waals surface area contributed by atoms with Crippen molar-refractivity contribution in [1.29, 1.82) is 5.41 Å². The summed E-state index contributed by atoms with van der Waals surface area (Å²) in [6, 6.07) is 0. The number of hydrogen-bond donors (Lipinski definition) is 2. The highest BCUT2D eigenvalue weighted by Crippen LogP contribution is 2.20. The quantitative estimate of drug-likeness (QED) is 0.519. The van der Waals surface area contributed by atoms with Crippen molar-refractivity contribution in [1.82, 2.24) is 0 Å². The Kier molecular flexibility index (Phi) is 1.63. The molecule has 0 aromatic carbocycles. The summed E-state index contributed by atoms with van der Waals surface area (Å²) >= 11 is 0. The smallest absolute Gasteiger partial charge is 0.0463 e. The van der Waals surface area contributed by atoms with Gasteiger partial charge < -0.3 is 10.5 Å². The molecule has 0 aliphatic heterocycles. The van der Waals surface area contributed by atoms with Crippen LogP contribution < -0.4 is 0 Å². The van der Waals surface area contributed by atoms with Gasteiger partial charge in [0.1, 0.15) is 0 Å². The standard InChI is InChI=1S/C6H11NO/c7-6-2-1-5(3-6)4-8/h5,7-8H,1-4H2. The molecule has 0 radical (unpaired) electrons. The maximum Gasteiger partial charge on any atom is 0.0463 e. The van der Waals surface area contributed by atoms with E-state index in [2.05, 4.69) is 0 Å². The summed E-state index contributed by atoms with van der Waals surface area (Å²) in [6.07, 6.45) is 2.76. The molecule has 0 bridgehead atoms. The van der Waals surface area contributed by atoms with E-state index in [-0.39, 0.29) is 6.61 Å². The van der Waals surface area contributed by atoms with Crippen LogP contribution in [0.3, 0.4) is 0 Å². The Hall–Kier alpha value is -0.370. The minimum absolute atomic E-state index is 0.266. The van der Waals surface area contributed by atoms with Crippen molar-refractivity contribution in [2.45, 2.75) is 19.3 Å². The van der Waals surface area contributed by atoms with Gasteiger partial charge in [-0.3, -0.25) is 0 Å². The minimum atomic E-state index is 0.266. The highest BCUT2D eigenvalue weighted by Gasteiger charge is 2.17. The molecule has 2 N–H and O–H groups in total. The molecule has 1 fully saturated rings. The van der Waals surface area contributed by atoms with Gasteiger partial charge in [-0.25, -0.2) is 0 Å². The Morgan fingerprint density at radius 3 is 2.75 bits per heavy atom.